The smallest absolute Gasteiger partial charge is 0.273 e. The molecule has 2 bridgehead atoms. The van der Waals surface area contributed by atoms with E-state index in [0.717, 1.165) is 55.4 Å². The average molecular weight is 389 g/mol. The van der Waals surface area contributed by atoms with E-state index < -0.39 is 0 Å². The summed E-state index contributed by atoms with van der Waals surface area (Å²) < 4.78 is 13.2. The van der Waals surface area contributed by atoms with Crippen LogP contribution in [-0.4, -0.2) is 46.4 Å². The van der Waals surface area contributed by atoms with Crippen molar-refractivity contribution in [3.63, 3.8) is 0 Å². The fourth-order valence-electron chi connectivity index (χ4n) is 4.83. The van der Waals surface area contributed by atoms with Crippen molar-refractivity contribution in [2.45, 2.75) is 25.4 Å². The van der Waals surface area contributed by atoms with E-state index in [1.54, 1.807) is 6.20 Å². The number of hydrogen-bond donors (Lipinski definition) is 0. The zero-order valence-corrected chi connectivity index (χ0v) is 16.3. The molecule has 6 rings (SSSR count). The van der Waals surface area contributed by atoms with Gasteiger partial charge in [-0.1, -0.05) is 36.4 Å². The zero-order chi connectivity index (χ0) is 19.8. The van der Waals surface area contributed by atoms with Crippen molar-refractivity contribution in [3.05, 3.63) is 77.9 Å². The number of aromatic nitrogens is 1. The van der Waals surface area contributed by atoms with Gasteiger partial charge in [0.15, 0.2) is 0 Å². The fourth-order valence-corrected chi connectivity index (χ4v) is 4.83. The molecular weight excluding hydrogens is 365 g/mol. The van der Waals surface area contributed by atoms with Gasteiger partial charge < -0.3 is 4.90 Å². The minimum absolute atomic E-state index is 0.0418. The Morgan fingerprint density at radius 1 is 1.00 bits per heavy atom. The highest BCUT2D eigenvalue weighted by atomic mass is 19.1. The largest absolute Gasteiger partial charge is 0.333 e. The number of halogens is 1. The van der Waals surface area contributed by atoms with E-state index in [1.807, 2.05) is 47.4 Å². The number of rotatable bonds is 3. The lowest BCUT2D eigenvalue weighted by Gasteiger charge is -2.36. The third-order valence-corrected chi connectivity index (χ3v) is 6.25. The molecule has 29 heavy (non-hydrogen) atoms. The Hall–Kier alpha value is -2.79. The van der Waals surface area contributed by atoms with Crippen molar-refractivity contribution in [2.75, 3.05) is 19.6 Å². The van der Waals surface area contributed by atoms with Gasteiger partial charge in [-0.2, -0.15) is 0 Å². The molecule has 0 aliphatic carbocycles. The summed E-state index contributed by atoms with van der Waals surface area (Å²) in [5, 5.41) is 1.96. The van der Waals surface area contributed by atoms with Gasteiger partial charge in [-0.15, -0.1) is 0 Å². The molecule has 0 N–H and O–H groups in total. The number of nitrogens with zero attached hydrogens (tertiary/aromatic N) is 3. The van der Waals surface area contributed by atoms with Crippen LogP contribution < -0.4 is 0 Å². The molecule has 3 aliphatic heterocycles. The van der Waals surface area contributed by atoms with Gasteiger partial charge in [0.25, 0.3) is 5.91 Å². The molecule has 3 aromatic rings. The van der Waals surface area contributed by atoms with Crippen LogP contribution in [0.25, 0.3) is 10.8 Å². The summed E-state index contributed by atoms with van der Waals surface area (Å²) in [5.41, 5.74) is 1.67. The predicted molar refractivity (Wildman–Crippen MR) is 111 cm³/mol. The fraction of sp³-hybridized carbons (Fsp3) is 0.333. The maximum Gasteiger partial charge on any atom is 0.273 e. The zero-order valence-electron chi connectivity index (χ0n) is 16.3. The maximum absolute atomic E-state index is 13.5. The SMILES string of the molecule is O=C(c1nccc2ccccc12)N1C[C@H]2CC[C@@H]1CN(Cc1ccc(F)cc1)C2. The Morgan fingerprint density at radius 2 is 1.83 bits per heavy atom. The molecule has 2 atom stereocenters. The molecule has 4 heterocycles. The summed E-state index contributed by atoms with van der Waals surface area (Å²) in [6.07, 6.45) is 3.91. The standard InChI is InChI=1S/C24H24FN3O/c25-20-8-5-17(6-9-20)13-27-14-18-7-10-21(16-27)28(15-18)24(29)23-22-4-2-1-3-19(22)11-12-26-23/h1-6,8-9,11-12,18,21H,7,10,13-16H2/t18-,21+/m0/s1. The van der Waals surface area contributed by atoms with Gasteiger partial charge in [0.2, 0.25) is 0 Å². The highest BCUT2D eigenvalue weighted by molar-refractivity contribution is 6.05. The van der Waals surface area contributed by atoms with E-state index >= 15 is 0 Å². The van der Waals surface area contributed by atoms with E-state index in [2.05, 4.69) is 9.88 Å². The van der Waals surface area contributed by atoms with E-state index in [1.165, 1.54) is 12.1 Å². The molecule has 0 unspecified atom stereocenters. The number of piperidine rings is 1. The molecule has 4 nitrogen and oxygen atoms in total. The van der Waals surface area contributed by atoms with Crippen LogP contribution in [-0.2, 0) is 6.54 Å². The van der Waals surface area contributed by atoms with Crippen molar-refractivity contribution in [1.29, 1.82) is 0 Å². The first-order chi connectivity index (χ1) is 14.2. The third kappa shape index (κ3) is 3.62. The molecule has 3 aliphatic rings. The Morgan fingerprint density at radius 3 is 2.69 bits per heavy atom. The molecule has 2 aromatic carbocycles. The van der Waals surface area contributed by atoms with Crippen LogP contribution in [0.15, 0.2) is 60.8 Å². The lowest BCUT2D eigenvalue weighted by atomic mass is 9.94. The van der Waals surface area contributed by atoms with E-state index in [9.17, 15) is 9.18 Å². The Balaban J connectivity index is 1.38. The van der Waals surface area contributed by atoms with Gasteiger partial charge in [-0.25, -0.2) is 4.39 Å². The number of carbonyl (C=O) groups excluding carboxylic acids is 1. The Bertz CT molecular complexity index is 1030. The Labute approximate surface area is 170 Å². The van der Waals surface area contributed by atoms with Crippen LogP contribution >= 0.6 is 0 Å². The highest BCUT2D eigenvalue weighted by Gasteiger charge is 2.38. The lowest BCUT2D eigenvalue weighted by Crippen LogP contribution is -2.47. The molecule has 0 saturated carbocycles. The second kappa shape index (κ2) is 7.56. The summed E-state index contributed by atoms with van der Waals surface area (Å²) in [6.45, 7) is 3.40. The minimum Gasteiger partial charge on any atom is -0.333 e. The van der Waals surface area contributed by atoms with Crippen molar-refractivity contribution in [3.8, 4) is 0 Å². The van der Waals surface area contributed by atoms with Crippen LogP contribution in [0.3, 0.4) is 0 Å². The molecule has 3 saturated heterocycles. The molecule has 1 aromatic heterocycles. The Kier molecular flexibility index (Phi) is 4.76. The van der Waals surface area contributed by atoms with Crippen molar-refractivity contribution in [2.24, 2.45) is 5.92 Å². The normalized spacial score (nSPS) is 22.0. The van der Waals surface area contributed by atoms with Crippen LogP contribution in [0.5, 0.6) is 0 Å². The average Bonchev–Trinajstić information content (AvgIpc) is 3.05. The summed E-state index contributed by atoms with van der Waals surface area (Å²) in [6, 6.07) is 16.8. The second-order valence-electron chi connectivity index (χ2n) is 8.26. The third-order valence-electron chi connectivity index (χ3n) is 6.25. The molecule has 0 spiro atoms. The minimum atomic E-state index is -0.205. The monoisotopic (exact) mass is 389 g/mol. The van der Waals surface area contributed by atoms with Crippen molar-refractivity contribution in [1.82, 2.24) is 14.8 Å². The van der Waals surface area contributed by atoms with E-state index in [4.69, 9.17) is 0 Å². The summed E-state index contributed by atoms with van der Waals surface area (Å²) in [4.78, 5) is 22.4. The van der Waals surface area contributed by atoms with Crippen LogP contribution in [0.4, 0.5) is 4.39 Å². The topological polar surface area (TPSA) is 36.4 Å². The molecule has 5 heteroatoms. The molecule has 1 amide bonds. The van der Waals surface area contributed by atoms with Gasteiger partial charge in [0.1, 0.15) is 11.5 Å². The lowest BCUT2D eigenvalue weighted by molar-refractivity contribution is 0.0581. The first-order valence-electron chi connectivity index (χ1n) is 10.3. The van der Waals surface area contributed by atoms with Crippen LogP contribution in [0.1, 0.15) is 28.9 Å². The van der Waals surface area contributed by atoms with E-state index in [0.29, 0.717) is 11.6 Å². The number of pyridine rings is 1. The van der Waals surface area contributed by atoms with Gasteiger partial charge in [0, 0.05) is 43.8 Å². The number of hydrogen-bond acceptors (Lipinski definition) is 3. The second-order valence-corrected chi connectivity index (χ2v) is 8.26. The first-order valence-corrected chi connectivity index (χ1v) is 10.3. The summed E-state index contributed by atoms with van der Waals surface area (Å²) in [5.74, 6) is 0.303. The molecule has 3 fully saturated rings. The summed E-state index contributed by atoms with van der Waals surface area (Å²) >= 11 is 0. The number of carbonyl (C=O) groups is 1. The maximum atomic E-state index is 13.5. The number of benzene rings is 2. The number of amides is 1. The van der Waals surface area contributed by atoms with Crippen molar-refractivity contribution >= 4 is 16.7 Å². The molecular formula is C24H24FN3O. The van der Waals surface area contributed by atoms with Gasteiger partial charge in [-0.3, -0.25) is 14.7 Å². The van der Waals surface area contributed by atoms with Gasteiger partial charge >= 0.3 is 0 Å². The molecule has 0 radical (unpaired) electrons. The van der Waals surface area contributed by atoms with E-state index in [-0.39, 0.29) is 17.8 Å². The van der Waals surface area contributed by atoms with Gasteiger partial charge in [0.05, 0.1) is 0 Å². The first kappa shape index (κ1) is 18.3. The quantitative estimate of drug-likeness (QED) is 0.676. The van der Waals surface area contributed by atoms with Crippen LogP contribution in [0, 0.1) is 11.7 Å². The summed E-state index contributed by atoms with van der Waals surface area (Å²) in [7, 11) is 0. The highest BCUT2D eigenvalue weighted by Crippen LogP contribution is 2.30. The predicted octanol–water partition coefficient (Wildman–Crippen LogP) is 4.11. The van der Waals surface area contributed by atoms with Crippen LogP contribution in [0.2, 0.25) is 0 Å². The number of fused-ring (bicyclic) bond motifs is 5. The molecule has 148 valence electrons. The van der Waals surface area contributed by atoms with Crippen molar-refractivity contribution < 1.29 is 9.18 Å². The van der Waals surface area contributed by atoms with Gasteiger partial charge in [-0.05, 0) is 47.9 Å².